The molecule has 1 fully saturated rings. The number of carbonyl (C=O) groups is 1. The van der Waals surface area contributed by atoms with Crippen LogP contribution in [-0.2, 0) is 11.3 Å². The molecule has 152 valence electrons. The van der Waals surface area contributed by atoms with Gasteiger partial charge in [-0.1, -0.05) is 67.7 Å². The summed E-state index contributed by atoms with van der Waals surface area (Å²) < 4.78 is 6.42. The molecule has 2 aromatic rings. The zero-order valence-electron chi connectivity index (χ0n) is 17.6. The van der Waals surface area contributed by atoms with E-state index in [1.807, 2.05) is 32.1 Å². The zero-order chi connectivity index (χ0) is 21.1. The van der Waals surface area contributed by atoms with Crippen molar-refractivity contribution in [1.29, 1.82) is 0 Å². The van der Waals surface area contributed by atoms with Crippen LogP contribution in [0.4, 0.5) is 0 Å². The van der Waals surface area contributed by atoms with Crippen molar-refractivity contribution in [2.24, 2.45) is 0 Å². The highest BCUT2D eigenvalue weighted by Crippen LogP contribution is 2.36. The van der Waals surface area contributed by atoms with Gasteiger partial charge in [-0.15, -0.1) is 0 Å². The minimum Gasteiger partial charge on any atom is -0.494 e. The summed E-state index contributed by atoms with van der Waals surface area (Å²) >= 11 is 6.87. The normalized spacial score (nSPS) is 15.7. The van der Waals surface area contributed by atoms with Crippen LogP contribution in [0.5, 0.6) is 5.75 Å². The fraction of sp³-hybridized carbons (Fsp3) is 0.333. The zero-order valence-corrected chi connectivity index (χ0v) is 19.2. The number of thiocarbonyl (C=S) groups is 1. The Hall–Kier alpha value is -2.11. The van der Waals surface area contributed by atoms with Gasteiger partial charge in [-0.25, -0.2) is 0 Å². The van der Waals surface area contributed by atoms with Crippen LogP contribution < -0.4 is 4.74 Å². The number of carbonyl (C=O) groups excluding carboxylic acids is 1. The molecule has 1 saturated heterocycles. The lowest BCUT2D eigenvalue weighted by atomic mass is 9.96. The number of nitrogens with zero attached hydrogens (tertiary/aromatic N) is 1. The lowest BCUT2D eigenvalue weighted by molar-refractivity contribution is -0.122. The van der Waals surface area contributed by atoms with Crippen LogP contribution in [0.15, 0.2) is 41.3 Å². The van der Waals surface area contributed by atoms with Crippen LogP contribution in [0, 0.1) is 13.8 Å². The van der Waals surface area contributed by atoms with Gasteiger partial charge in [-0.05, 0) is 67.2 Å². The van der Waals surface area contributed by atoms with Crippen molar-refractivity contribution >= 4 is 40.3 Å². The Morgan fingerprint density at radius 2 is 1.86 bits per heavy atom. The van der Waals surface area contributed by atoms with E-state index < -0.39 is 0 Å². The van der Waals surface area contributed by atoms with Crippen molar-refractivity contribution in [3.63, 3.8) is 0 Å². The Balaban J connectivity index is 1.89. The van der Waals surface area contributed by atoms with E-state index in [0.29, 0.717) is 28.3 Å². The Kier molecular flexibility index (Phi) is 6.81. The van der Waals surface area contributed by atoms with Gasteiger partial charge in [0.15, 0.2) is 0 Å². The second kappa shape index (κ2) is 9.14. The molecule has 0 radical (unpaired) electrons. The fourth-order valence-corrected chi connectivity index (χ4v) is 4.50. The first kappa shape index (κ1) is 21.6. The summed E-state index contributed by atoms with van der Waals surface area (Å²) in [7, 11) is 0. The third kappa shape index (κ3) is 4.90. The van der Waals surface area contributed by atoms with E-state index in [1.54, 1.807) is 4.90 Å². The molecule has 0 N–H and O–H groups in total. The molecule has 0 aromatic heterocycles. The molecule has 1 amide bonds. The Morgan fingerprint density at radius 3 is 2.48 bits per heavy atom. The van der Waals surface area contributed by atoms with Crippen LogP contribution in [0.25, 0.3) is 6.08 Å². The molecule has 3 rings (SSSR count). The maximum Gasteiger partial charge on any atom is 0.266 e. The largest absolute Gasteiger partial charge is 0.494 e. The average Bonchev–Trinajstić information content (AvgIpc) is 2.93. The molecule has 1 aliphatic rings. The summed E-state index contributed by atoms with van der Waals surface area (Å²) in [5, 5.41) is 0. The highest BCUT2D eigenvalue weighted by Gasteiger charge is 2.32. The third-order valence-corrected chi connectivity index (χ3v) is 6.32. The maximum atomic E-state index is 13.0. The molecule has 0 aliphatic carbocycles. The standard InChI is InChI=1S/C24H27NO2S2/c1-6-27-21-11-17(5)19(12-20(21)15(2)3)13-22-23(26)25(24(28)29-22)14-18-9-7-16(4)8-10-18/h7-13,15H,6,14H2,1-5H3/b22-13-. The first-order valence-electron chi connectivity index (χ1n) is 9.88. The fourth-order valence-electron chi connectivity index (χ4n) is 3.26. The van der Waals surface area contributed by atoms with Crippen molar-refractivity contribution in [3.8, 4) is 5.75 Å². The molecule has 0 bridgehead atoms. The van der Waals surface area contributed by atoms with Gasteiger partial charge >= 0.3 is 0 Å². The summed E-state index contributed by atoms with van der Waals surface area (Å²) in [6.07, 6.45) is 1.96. The molecule has 5 heteroatoms. The van der Waals surface area contributed by atoms with Crippen molar-refractivity contribution < 1.29 is 9.53 Å². The number of rotatable bonds is 6. The minimum atomic E-state index is -0.0278. The van der Waals surface area contributed by atoms with Crippen LogP contribution in [0.1, 0.15) is 54.5 Å². The van der Waals surface area contributed by atoms with Gasteiger partial charge in [0.1, 0.15) is 10.1 Å². The summed E-state index contributed by atoms with van der Waals surface area (Å²) in [5.74, 6) is 1.23. The predicted molar refractivity (Wildman–Crippen MR) is 126 cm³/mol. The molecule has 3 nitrogen and oxygen atoms in total. The third-order valence-electron chi connectivity index (χ3n) is 4.94. The van der Waals surface area contributed by atoms with Crippen LogP contribution >= 0.6 is 24.0 Å². The first-order chi connectivity index (χ1) is 13.8. The number of hydrogen-bond donors (Lipinski definition) is 0. The van der Waals surface area contributed by atoms with E-state index in [0.717, 1.165) is 28.0 Å². The molecule has 1 heterocycles. The average molecular weight is 426 g/mol. The summed E-state index contributed by atoms with van der Waals surface area (Å²) in [4.78, 5) is 15.4. The molecule has 0 saturated carbocycles. The summed E-state index contributed by atoms with van der Waals surface area (Å²) in [6, 6.07) is 12.4. The van der Waals surface area contributed by atoms with E-state index in [1.165, 1.54) is 17.3 Å². The van der Waals surface area contributed by atoms with Crippen LogP contribution in [0.3, 0.4) is 0 Å². The lowest BCUT2D eigenvalue weighted by Gasteiger charge is -2.16. The smallest absolute Gasteiger partial charge is 0.266 e. The van der Waals surface area contributed by atoms with Gasteiger partial charge in [0, 0.05) is 0 Å². The lowest BCUT2D eigenvalue weighted by Crippen LogP contribution is -2.27. The first-order valence-corrected chi connectivity index (χ1v) is 11.1. The molecular weight excluding hydrogens is 398 g/mol. The number of aryl methyl sites for hydroxylation is 2. The second-order valence-corrected chi connectivity index (χ2v) is 9.26. The van der Waals surface area contributed by atoms with E-state index >= 15 is 0 Å². The van der Waals surface area contributed by atoms with Crippen molar-refractivity contribution in [2.45, 2.75) is 47.1 Å². The van der Waals surface area contributed by atoms with Gasteiger partial charge in [0.25, 0.3) is 5.91 Å². The topological polar surface area (TPSA) is 29.5 Å². The van der Waals surface area contributed by atoms with Crippen molar-refractivity contribution in [1.82, 2.24) is 4.90 Å². The van der Waals surface area contributed by atoms with Gasteiger partial charge in [-0.3, -0.25) is 9.69 Å². The van der Waals surface area contributed by atoms with Gasteiger partial charge < -0.3 is 4.74 Å². The molecule has 29 heavy (non-hydrogen) atoms. The predicted octanol–water partition coefficient (Wildman–Crippen LogP) is 6.23. The SMILES string of the molecule is CCOc1cc(C)c(/C=C2\SC(=S)N(Cc3ccc(C)cc3)C2=O)cc1C(C)C. The maximum absolute atomic E-state index is 13.0. The van der Waals surface area contributed by atoms with Gasteiger partial charge in [0.05, 0.1) is 18.1 Å². The van der Waals surface area contributed by atoms with Gasteiger partial charge in [-0.2, -0.15) is 0 Å². The van der Waals surface area contributed by atoms with E-state index in [9.17, 15) is 4.79 Å². The van der Waals surface area contributed by atoms with E-state index in [2.05, 4.69) is 45.0 Å². The van der Waals surface area contributed by atoms with Crippen LogP contribution in [0.2, 0.25) is 0 Å². The highest BCUT2D eigenvalue weighted by atomic mass is 32.2. The number of benzene rings is 2. The molecule has 0 unspecified atom stereocenters. The number of thioether (sulfide) groups is 1. The number of amides is 1. The quantitative estimate of drug-likeness (QED) is 0.405. The monoisotopic (exact) mass is 425 g/mol. The molecule has 0 spiro atoms. The number of ether oxygens (including phenoxy) is 1. The Morgan fingerprint density at radius 1 is 1.17 bits per heavy atom. The van der Waals surface area contributed by atoms with Gasteiger partial charge in [0.2, 0.25) is 0 Å². The van der Waals surface area contributed by atoms with Crippen molar-refractivity contribution in [3.05, 3.63) is 69.1 Å². The Labute approximate surface area is 183 Å². The summed E-state index contributed by atoms with van der Waals surface area (Å²) in [6.45, 7) is 11.5. The highest BCUT2D eigenvalue weighted by molar-refractivity contribution is 8.26. The summed E-state index contributed by atoms with van der Waals surface area (Å²) in [5.41, 5.74) is 5.55. The van der Waals surface area contributed by atoms with E-state index in [4.69, 9.17) is 17.0 Å². The molecule has 2 aromatic carbocycles. The molecule has 1 aliphatic heterocycles. The Bertz CT molecular complexity index is 962. The van der Waals surface area contributed by atoms with Crippen molar-refractivity contribution in [2.75, 3.05) is 6.61 Å². The van der Waals surface area contributed by atoms with E-state index in [-0.39, 0.29) is 5.91 Å². The molecule has 0 atom stereocenters. The second-order valence-electron chi connectivity index (χ2n) is 7.59. The molecular formula is C24H27NO2S2. The minimum absolute atomic E-state index is 0.0278. The number of hydrogen-bond acceptors (Lipinski definition) is 4. The van der Waals surface area contributed by atoms with Crippen LogP contribution in [-0.4, -0.2) is 21.7 Å².